The van der Waals surface area contributed by atoms with Crippen molar-refractivity contribution < 1.29 is 13.2 Å². The zero-order valence-corrected chi connectivity index (χ0v) is 8.60. The number of aromatic nitrogens is 3. The van der Waals surface area contributed by atoms with Gasteiger partial charge in [-0.25, -0.2) is 4.98 Å². The maximum absolute atomic E-state index is 12.0. The molecule has 0 aromatic carbocycles. The van der Waals surface area contributed by atoms with Crippen LogP contribution in [0.2, 0.25) is 0 Å². The number of alkyl halides is 3. The van der Waals surface area contributed by atoms with E-state index in [-0.39, 0.29) is 6.42 Å². The van der Waals surface area contributed by atoms with Crippen LogP contribution in [0.15, 0.2) is 12.3 Å². The lowest BCUT2D eigenvalue weighted by molar-refractivity contribution is -0.134. The fourth-order valence-electron chi connectivity index (χ4n) is 1.55. The summed E-state index contributed by atoms with van der Waals surface area (Å²) in [7, 11) is 0. The number of pyridine rings is 1. The minimum absolute atomic E-state index is 0.0979. The molecule has 0 unspecified atom stereocenters. The van der Waals surface area contributed by atoms with Gasteiger partial charge in [0.05, 0.1) is 6.20 Å². The number of rotatable bonds is 2. The quantitative estimate of drug-likeness (QED) is 0.860. The molecule has 2 aromatic rings. The van der Waals surface area contributed by atoms with Crippen LogP contribution < -0.4 is 0 Å². The Labute approximate surface area is 89.7 Å². The summed E-state index contributed by atoms with van der Waals surface area (Å²) in [5.74, 6) is 0. The smallest absolute Gasteiger partial charge is 0.261 e. The van der Waals surface area contributed by atoms with Gasteiger partial charge < -0.3 is 0 Å². The fourth-order valence-corrected chi connectivity index (χ4v) is 1.55. The maximum Gasteiger partial charge on any atom is 0.389 e. The highest BCUT2D eigenvalue weighted by Gasteiger charge is 2.26. The van der Waals surface area contributed by atoms with E-state index in [1.165, 1.54) is 0 Å². The van der Waals surface area contributed by atoms with Crippen molar-refractivity contribution in [3.63, 3.8) is 0 Å². The van der Waals surface area contributed by atoms with Crippen LogP contribution in [0, 0.1) is 6.92 Å². The molecule has 0 fully saturated rings. The summed E-state index contributed by atoms with van der Waals surface area (Å²) in [4.78, 5) is 4.08. The number of hydrogen-bond acceptors (Lipinski definition) is 2. The van der Waals surface area contributed by atoms with Crippen LogP contribution in [0.4, 0.5) is 13.2 Å². The molecule has 2 aromatic heterocycles. The number of aryl methyl sites for hydroxylation is 2. The van der Waals surface area contributed by atoms with Crippen molar-refractivity contribution >= 4 is 11.0 Å². The second-order valence-corrected chi connectivity index (χ2v) is 3.68. The molecule has 3 nitrogen and oxygen atoms in total. The minimum Gasteiger partial charge on any atom is -0.261 e. The second-order valence-electron chi connectivity index (χ2n) is 3.68. The third-order valence-corrected chi connectivity index (χ3v) is 2.35. The number of nitrogens with one attached hydrogen (secondary N) is 1. The maximum atomic E-state index is 12.0. The number of hydrogen-bond donors (Lipinski definition) is 1. The van der Waals surface area contributed by atoms with E-state index in [2.05, 4.69) is 15.2 Å². The van der Waals surface area contributed by atoms with E-state index >= 15 is 0 Å². The predicted octanol–water partition coefficient (Wildman–Crippen LogP) is 2.76. The number of fused-ring (bicyclic) bond motifs is 1. The molecule has 2 rings (SSSR count). The van der Waals surface area contributed by atoms with Crippen molar-refractivity contribution in [3.05, 3.63) is 23.5 Å². The van der Waals surface area contributed by atoms with Crippen LogP contribution in [-0.4, -0.2) is 21.4 Å². The van der Waals surface area contributed by atoms with Crippen molar-refractivity contribution in [1.29, 1.82) is 0 Å². The molecule has 0 saturated heterocycles. The zero-order valence-electron chi connectivity index (χ0n) is 8.60. The summed E-state index contributed by atoms with van der Waals surface area (Å²) in [6.07, 6.45) is -3.47. The van der Waals surface area contributed by atoms with Gasteiger partial charge in [0.15, 0.2) is 5.65 Å². The third kappa shape index (κ3) is 2.32. The topological polar surface area (TPSA) is 41.6 Å². The number of halogens is 3. The molecule has 6 heteroatoms. The van der Waals surface area contributed by atoms with E-state index < -0.39 is 12.6 Å². The van der Waals surface area contributed by atoms with Crippen molar-refractivity contribution in [3.8, 4) is 0 Å². The zero-order chi connectivity index (χ0) is 11.8. The largest absolute Gasteiger partial charge is 0.389 e. The molecule has 86 valence electrons. The summed E-state index contributed by atoms with van der Waals surface area (Å²) in [5.41, 5.74) is 1.86. The van der Waals surface area contributed by atoms with Crippen LogP contribution in [0.25, 0.3) is 11.0 Å². The Hall–Kier alpha value is -1.59. The van der Waals surface area contributed by atoms with E-state index in [9.17, 15) is 13.2 Å². The predicted molar refractivity (Wildman–Crippen MR) is 53.0 cm³/mol. The highest BCUT2D eigenvalue weighted by molar-refractivity contribution is 5.77. The number of aromatic amines is 1. The molecule has 0 aliphatic rings. The van der Waals surface area contributed by atoms with Crippen LogP contribution >= 0.6 is 0 Å². The van der Waals surface area contributed by atoms with Crippen molar-refractivity contribution in [2.45, 2.75) is 25.9 Å². The van der Waals surface area contributed by atoms with E-state index in [1.807, 2.05) is 6.92 Å². The molecule has 0 radical (unpaired) electrons. The van der Waals surface area contributed by atoms with Gasteiger partial charge in [0.25, 0.3) is 0 Å². The Morgan fingerprint density at radius 1 is 1.38 bits per heavy atom. The van der Waals surface area contributed by atoms with E-state index in [4.69, 9.17) is 0 Å². The normalized spacial score (nSPS) is 12.2. The van der Waals surface area contributed by atoms with Crippen molar-refractivity contribution in [1.82, 2.24) is 15.2 Å². The molecule has 1 N–H and O–H groups in total. The SMILES string of the molecule is Cc1cc(CCC(F)(F)F)nc2[nH]ncc12. The van der Waals surface area contributed by atoms with Gasteiger partial charge in [0, 0.05) is 17.5 Å². The van der Waals surface area contributed by atoms with Gasteiger partial charge in [-0.2, -0.15) is 18.3 Å². The minimum atomic E-state index is -4.14. The van der Waals surface area contributed by atoms with E-state index in [1.54, 1.807) is 12.3 Å². The highest BCUT2D eigenvalue weighted by Crippen LogP contribution is 2.23. The molecule has 0 aliphatic carbocycles. The number of H-pyrrole nitrogens is 1. The first-order valence-corrected chi connectivity index (χ1v) is 4.82. The summed E-state index contributed by atoms with van der Waals surface area (Å²) in [6.45, 7) is 1.83. The van der Waals surface area contributed by atoms with Gasteiger partial charge in [-0.3, -0.25) is 5.10 Å². The molecule has 0 amide bonds. The van der Waals surface area contributed by atoms with E-state index in [0.717, 1.165) is 10.9 Å². The molecule has 0 aliphatic heterocycles. The van der Waals surface area contributed by atoms with Gasteiger partial charge in [0.2, 0.25) is 0 Å². The summed E-state index contributed by atoms with van der Waals surface area (Å²) < 4.78 is 36.1. The third-order valence-electron chi connectivity index (χ3n) is 2.35. The molecule has 0 spiro atoms. The first kappa shape index (κ1) is 10.9. The Kier molecular flexibility index (Phi) is 2.57. The lowest BCUT2D eigenvalue weighted by atomic mass is 10.1. The first-order chi connectivity index (χ1) is 7.46. The van der Waals surface area contributed by atoms with Crippen LogP contribution in [-0.2, 0) is 6.42 Å². The summed E-state index contributed by atoms with van der Waals surface area (Å²) in [5, 5.41) is 7.30. The van der Waals surface area contributed by atoms with Gasteiger partial charge in [-0.05, 0) is 25.0 Å². The Morgan fingerprint density at radius 2 is 2.12 bits per heavy atom. The molecular weight excluding hydrogens is 219 g/mol. The Bertz CT molecular complexity index is 501. The van der Waals surface area contributed by atoms with Gasteiger partial charge in [0.1, 0.15) is 0 Å². The van der Waals surface area contributed by atoms with Crippen LogP contribution in [0.1, 0.15) is 17.7 Å². The lowest BCUT2D eigenvalue weighted by Gasteiger charge is -2.06. The average Bonchev–Trinajstić information content (AvgIpc) is 2.62. The molecule has 0 bridgehead atoms. The molecule has 0 saturated carbocycles. The molecule has 2 heterocycles. The fraction of sp³-hybridized carbons (Fsp3) is 0.400. The highest BCUT2D eigenvalue weighted by atomic mass is 19.4. The van der Waals surface area contributed by atoms with E-state index in [0.29, 0.717) is 11.3 Å². The monoisotopic (exact) mass is 229 g/mol. The second kappa shape index (κ2) is 3.77. The Morgan fingerprint density at radius 3 is 2.81 bits per heavy atom. The molecule has 0 atom stereocenters. The van der Waals surface area contributed by atoms with Gasteiger partial charge >= 0.3 is 6.18 Å². The Balaban J connectivity index is 2.25. The van der Waals surface area contributed by atoms with Gasteiger partial charge in [-0.1, -0.05) is 0 Å². The van der Waals surface area contributed by atoms with Crippen molar-refractivity contribution in [2.75, 3.05) is 0 Å². The number of nitrogens with zero attached hydrogens (tertiary/aromatic N) is 2. The lowest BCUT2D eigenvalue weighted by Crippen LogP contribution is -2.09. The molecule has 16 heavy (non-hydrogen) atoms. The standard InChI is InChI=1S/C10H10F3N3/c1-6-4-7(2-3-10(11,12)13)15-9-8(6)5-14-16-9/h4-5H,2-3H2,1H3,(H,14,15,16). The van der Waals surface area contributed by atoms with Crippen LogP contribution in [0.5, 0.6) is 0 Å². The molecular formula is C10H10F3N3. The van der Waals surface area contributed by atoms with Gasteiger partial charge in [-0.15, -0.1) is 0 Å². The van der Waals surface area contributed by atoms with Crippen molar-refractivity contribution in [2.24, 2.45) is 0 Å². The first-order valence-electron chi connectivity index (χ1n) is 4.82. The summed E-state index contributed by atoms with van der Waals surface area (Å²) in [6, 6.07) is 1.67. The summed E-state index contributed by atoms with van der Waals surface area (Å²) >= 11 is 0. The van der Waals surface area contributed by atoms with Crippen LogP contribution in [0.3, 0.4) is 0 Å². The average molecular weight is 229 g/mol.